The van der Waals surface area contributed by atoms with Crippen LogP contribution in [0.3, 0.4) is 0 Å². The van der Waals surface area contributed by atoms with E-state index in [1.807, 2.05) is 25.1 Å². The fourth-order valence-electron chi connectivity index (χ4n) is 2.51. The monoisotopic (exact) mass is 247 g/mol. The Kier molecular flexibility index (Phi) is 3.71. The molecule has 0 spiro atoms. The zero-order chi connectivity index (χ0) is 13.2. The summed E-state index contributed by atoms with van der Waals surface area (Å²) in [6.07, 6.45) is 3.58. The Hall–Kier alpha value is -1.35. The Morgan fingerprint density at radius 1 is 1.50 bits per heavy atom. The van der Waals surface area contributed by atoms with Gasteiger partial charge in [0.15, 0.2) is 5.78 Å². The highest BCUT2D eigenvalue weighted by atomic mass is 16.5. The van der Waals surface area contributed by atoms with Crippen LogP contribution in [0.4, 0.5) is 0 Å². The quantitative estimate of drug-likeness (QED) is 0.832. The minimum absolute atomic E-state index is 0.0110. The second kappa shape index (κ2) is 5.11. The number of aryl methyl sites for hydroxylation is 1. The molecule has 0 aromatic heterocycles. The molecule has 1 aliphatic heterocycles. The smallest absolute Gasteiger partial charge is 0.186 e. The SMILES string of the molecule is CCCC(C)(N)C(=O)c1cccc2c1OCCC2. The summed E-state index contributed by atoms with van der Waals surface area (Å²) in [4.78, 5) is 12.5. The lowest BCUT2D eigenvalue weighted by molar-refractivity contribution is 0.0888. The van der Waals surface area contributed by atoms with Crippen LogP contribution >= 0.6 is 0 Å². The molecule has 1 aromatic rings. The Labute approximate surface area is 108 Å². The lowest BCUT2D eigenvalue weighted by atomic mass is 9.86. The molecule has 0 bridgehead atoms. The van der Waals surface area contributed by atoms with Crippen LogP contribution in [0.15, 0.2) is 18.2 Å². The minimum atomic E-state index is -0.801. The predicted molar refractivity (Wildman–Crippen MR) is 72.1 cm³/mol. The fraction of sp³-hybridized carbons (Fsp3) is 0.533. The number of ketones is 1. The van der Waals surface area contributed by atoms with E-state index in [0.29, 0.717) is 18.6 Å². The summed E-state index contributed by atoms with van der Waals surface area (Å²) in [5, 5.41) is 0. The molecule has 98 valence electrons. The highest BCUT2D eigenvalue weighted by Gasteiger charge is 2.31. The van der Waals surface area contributed by atoms with Gasteiger partial charge < -0.3 is 10.5 Å². The summed E-state index contributed by atoms with van der Waals surface area (Å²) in [5.41, 5.74) is 7.10. The number of rotatable bonds is 4. The van der Waals surface area contributed by atoms with Crippen LogP contribution in [0.1, 0.15) is 49.0 Å². The first-order valence-electron chi connectivity index (χ1n) is 6.64. The summed E-state index contributed by atoms with van der Waals surface area (Å²) in [6, 6.07) is 5.77. The minimum Gasteiger partial charge on any atom is -0.493 e. The largest absolute Gasteiger partial charge is 0.493 e. The molecule has 2 rings (SSSR count). The lowest BCUT2D eigenvalue weighted by Crippen LogP contribution is -2.45. The normalized spacial score (nSPS) is 17.5. The van der Waals surface area contributed by atoms with Gasteiger partial charge in [-0.15, -0.1) is 0 Å². The first kappa shape index (κ1) is 13.1. The lowest BCUT2D eigenvalue weighted by Gasteiger charge is -2.26. The van der Waals surface area contributed by atoms with Gasteiger partial charge in [-0.2, -0.15) is 0 Å². The number of hydrogen-bond acceptors (Lipinski definition) is 3. The maximum atomic E-state index is 12.5. The molecule has 0 aliphatic carbocycles. The van der Waals surface area contributed by atoms with Crippen molar-refractivity contribution in [2.75, 3.05) is 6.61 Å². The maximum Gasteiger partial charge on any atom is 0.186 e. The predicted octanol–water partition coefficient (Wildman–Crippen LogP) is 2.71. The zero-order valence-electron chi connectivity index (χ0n) is 11.2. The highest BCUT2D eigenvalue weighted by Crippen LogP contribution is 2.31. The van der Waals surface area contributed by atoms with Crippen molar-refractivity contribution in [1.82, 2.24) is 0 Å². The number of nitrogens with two attached hydrogens (primary N) is 1. The number of Topliss-reactive ketones (excluding diaryl/α,β-unsaturated/α-hetero) is 1. The van der Waals surface area contributed by atoms with E-state index >= 15 is 0 Å². The Morgan fingerprint density at radius 2 is 2.28 bits per heavy atom. The molecule has 1 aliphatic rings. The van der Waals surface area contributed by atoms with Gasteiger partial charge in [-0.05, 0) is 37.8 Å². The summed E-state index contributed by atoms with van der Waals surface area (Å²) < 4.78 is 5.67. The van der Waals surface area contributed by atoms with Gasteiger partial charge in [-0.25, -0.2) is 0 Å². The molecule has 3 nitrogen and oxygen atoms in total. The van der Waals surface area contributed by atoms with E-state index < -0.39 is 5.54 Å². The maximum absolute atomic E-state index is 12.5. The van der Waals surface area contributed by atoms with E-state index in [4.69, 9.17) is 10.5 Å². The Morgan fingerprint density at radius 3 is 3.00 bits per heavy atom. The highest BCUT2D eigenvalue weighted by molar-refractivity contribution is 6.05. The molecule has 0 fully saturated rings. The molecule has 0 amide bonds. The van der Waals surface area contributed by atoms with Crippen molar-refractivity contribution in [3.63, 3.8) is 0 Å². The molecule has 0 saturated heterocycles. The van der Waals surface area contributed by atoms with Crippen LogP contribution in [0, 0.1) is 0 Å². The second-order valence-corrected chi connectivity index (χ2v) is 5.24. The van der Waals surface area contributed by atoms with Crippen molar-refractivity contribution in [2.45, 2.75) is 45.1 Å². The van der Waals surface area contributed by atoms with Gasteiger partial charge in [0.2, 0.25) is 0 Å². The topological polar surface area (TPSA) is 52.3 Å². The standard InChI is InChI=1S/C15H21NO2/c1-3-9-15(2,16)14(17)12-8-4-6-11-7-5-10-18-13(11)12/h4,6,8H,3,5,7,9-10,16H2,1-2H3. The number of carbonyl (C=O) groups is 1. The van der Waals surface area contributed by atoms with Crippen molar-refractivity contribution in [1.29, 1.82) is 0 Å². The Balaban J connectivity index is 2.36. The van der Waals surface area contributed by atoms with Crippen LogP contribution in [0.25, 0.3) is 0 Å². The molecule has 2 N–H and O–H groups in total. The van der Waals surface area contributed by atoms with Crippen molar-refractivity contribution in [3.8, 4) is 5.75 Å². The summed E-state index contributed by atoms with van der Waals surface area (Å²) in [5.74, 6) is 0.740. The van der Waals surface area contributed by atoms with Gasteiger partial charge >= 0.3 is 0 Å². The summed E-state index contributed by atoms with van der Waals surface area (Å²) in [7, 11) is 0. The van der Waals surface area contributed by atoms with Gasteiger partial charge in [0.25, 0.3) is 0 Å². The third kappa shape index (κ3) is 2.41. The molecule has 0 saturated carbocycles. The van der Waals surface area contributed by atoms with Gasteiger partial charge in [-0.1, -0.05) is 25.5 Å². The first-order chi connectivity index (χ1) is 8.56. The number of carbonyl (C=O) groups excluding carboxylic acids is 1. The molecule has 1 heterocycles. The van der Waals surface area contributed by atoms with E-state index in [-0.39, 0.29) is 5.78 Å². The first-order valence-corrected chi connectivity index (χ1v) is 6.64. The third-order valence-electron chi connectivity index (χ3n) is 3.47. The van der Waals surface area contributed by atoms with Crippen LogP contribution in [-0.2, 0) is 6.42 Å². The molecule has 18 heavy (non-hydrogen) atoms. The van der Waals surface area contributed by atoms with Crippen LogP contribution in [0.5, 0.6) is 5.75 Å². The van der Waals surface area contributed by atoms with Crippen LogP contribution in [-0.4, -0.2) is 17.9 Å². The van der Waals surface area contributed by atoms with Crippen molar-refractivity contribution in [3.05, 3.63) is 29.3 Å². The van der Waals surface area contributed by atoms with Gasteiger partial charge in [0.05, 0.1) is 17.7 Å². The number of benzene rings is 1. The molecule has 0 radical (unpaired) electrons. The zero-order valence-corrected chi connectivity index (χ0v) is 11.2. The molecule has 3 heteroatoms. The van der Waals surface area contributed by atoms with Gasteiger partial charge in [-0.3, -0.25) is 4.79 Å². The van der Waals surface area contributed by atoms with E-state index in [0.717, 1.165) is 30.6 Å². The summed E-state index contributed by atoms with van der Waals surface area (Å²) in [6.45, 7) is 4.53. The number of para-hydroxylation sites is 1. The molecular formula is C15H21NO2. The second-order valence-electron chi connectivity index (χ2n) is 5.24. The number of hydrogen-bond donors (Lipinski definition) is 1. The molecular weight excluding hydrogens is 226 g/mol. The number of ether oxygens (including phenoxy) is 1. The van der Waals surface area contributed by atoms with E-state index in [1.165, 1.54) is 0 Å². The van der Waals surface area contributed by atoms with Crippen molar-refractivity contribution in [2.24, 2.45) is 5.73 Å². The van der Waals surface area contributed by atoms with Crippen molar-refractivity contribution >= 4 is 5.78 Å². The Bertz CT molecular complexity index is 452. The molecule has 1 unspecified atom stereocenters. The third-order valence-corrected chi connectivity index (χ3v) is 3.47. The fourth-order valence-corrected chi connectivity index (χ4v) is 2.51. The van der Waals surface area contributed by atoms with Gasteiger partial charge in [0.1, 0.15) is 5.75 Å². The molecule has 1 aromatic carbocycles. The van der Waals surface area contributed by atoms with Crippen LogP contribution in [0.2, 0.25) is 0 Å². The molecule has 1 atom stereocenters. The average molecular weight is 247 g/mol. The number of fused-ring (bicyclic) bond motifs is 1. The summed E-state index contributed by atoms with van der Waals surface area (Å²) >= 11 is 0. The van der Waals surface area contributed by atoms with Crippen LogP contribution < -0.4 is 10.5 Å². The van der Waals surface area contributed by atoms with E-state index in [2.05, 4.69) is 0 Å². The van der Waals surface area contributed by atoms with E-state index in [9.17, 15) is 4.79 Å². The average Bonchev–Trinajstić information content (AvgIpc) is 2.37. The van der Waals surface area contributed by atoms with Crippen molar-refractivity contribution < 1.29 is 9.53 Å². The van der Waals surface area contributed by atoms with Gasteiger partial charge in [0, 0.05) is 0 Å². The van der Waals surface area contributed by atoms with E-state index in [1.54, 1.807) is 6.92 Å².